The number of hydrogen-bond donors (Lipinski definition) is 1. The van der Waals surface area contributed by atoms with Gasteiger partial charge in [0.1, 0.15) is 11.5 Å². The van der Waals surface area contributed by atoms with Crippen LogP contribution in [0.15, 0.2) is 53.8 Å². The van der Waals surface area contributed by atoms with E-state index in [9.17, 15) is 4.79 Å². The molecule has 0 aromatic carbocycles. The zero-order valence-electron chi connectivity index (χ0n) is 18.1. The minimum Gasteiger partial charge on any atom is -0.455 e. The van der Waals surface area contributed by atoms with Crippen molar-refractivity contribution in [1.82, 2.24) is 29.3 Å². The normalized spacial score (nSPS) is 15.2. The molecule has 9 nitrogen and oxygen atoms in total. The SMILES string of the molecule is Cc1nc(-c2cnc3n(c2=O)CC[C@@H](C)N3)ccc1Oc1ccnc(-c2cnn(C)c2)c1. The molecule has 0 aliphatic carbocycles. The summed E-state index contributed by atoms with van der Waals surface area (Å²) in [5, 5.41) is 7.43. The van der Waals surface area contributed by atoms with E-state index in [1.165, 1.54) is 0 Å². The Labute approximate surface area is 184 Å². The molecule has 0 fully saturated rings. The van der Waals surface area contributed by atoms with Gasteiger partial charge in [0.05, 0.1) is 28.8 Å². The number of anilines is 1. The molecule has 162 valence electrons. The van der Waals surface area contributed by atoms with Crippen LogP contribution in [0, 0.1) is 6.92 Å². The van der Waals surface area contributed by atoms with Gasteiger partial charge in [-0.1, -0.05) is 0 Å². The van der Waals surface area contributed by atoms with E-state index in [1.54, 1.807) is 40.0 Å². The number of hydrogen-bond acceptors (Lipinski definition) is 7. The Morgan fingerprint density at radius 2 is 2.03 bits per heavy atom. The third-order valence-corrected chi connectivity index (χ3v) is 5.48. The summed E-state index contributed by atoms with van der Waals surface area (Å²) >= 11 is 0. The molecule has 0 bridgehead atoms. The lowest BCUT2D eigenvalue weighted by Gasteiger charge is -2.24. The number of nitrogens with zero attached hydrogens (tertiary/aromatic N) is 6. The standard InChI is InChI=1S/C23H23N7O2/c1-14-7-9-30-22(31)18(12-25-23(30)27-14)19-4-5-21(15(2)28-19)32-17-6-8-24-20(10-17)16-11-26-29(3)13-16/h4-6,8,10-14H,7,9H2,1-3H3,(H,25,27)/t14-/m1/s1. The molecule has 1 aliphatic rings. The van der Waals surface area contributed by atoms with Crippen LogP contribution in [-0.4, -0.2) is 35.3 Å². The molecule has 0 spiro atoms. The summed E-state index contributed by atoms with van der Waals surface area (Å²) in [6, 6.07) is 7.57. The quantitative estimate of drug-likeness (QED) is 0.531. The van der Waals surface area contributed by atoms with Crippen molar-refractivity contribution in [2.24, 2.45) is 7.05 Å². The third-order valence-electron chi connectivity index (χ3n) is 5.48. The number of aryl methyl sites for hydroxylation is 2. The summed E-state index contributed by atoms with van der Waals surface area (Å²) in [4.78, 5) is 26.4. The molecule has 4 aromatic heterocycles. The van der Waals surface area contributed by atoms with Crippen LogP contribution in [0.5, 0.6) is 11.5 Å². The van der Waals surface area contributed by atoms with Crippen LogP contribution in [0.2, 0.25) is 0 Å². The van der Waals surface area contributed by atoms with Crippen molar-refractivity contribution < 1.29 is 4.74 Å². The lowest BCUT2D eigenvalue weighted by Crippen LogP contribution is -2.35. The van der Waals surface area contributed by atoms with Gasteiger partial charge in [0.25, 0.3) is 5.56 Å². The number of ether oxygens (including phenoxy) is 1. The topological polar surface area (TPSA) is 99.8 Å². The van der Waals surface area contributed by atoms with E-state index in [2.05, 4.69) is 32.3 Å². The van der Waals surface area contributed by atoms with Gasteiger partial charge in [-0.2, -0.15) is 5.10 Å². The van der Waals surface area contributed by atoms with Crippen molar-refractivity contribution in [2.75, 3.05) is 5.32 Å². The van der Waals surface area contributed by atoms with Crippen molar-refractivity contribution in [3.05, 3.63) is 65.1 Å². The third kappa shape index (κ3) is 3.73. The lowest BCUT2D eigenvalue weighted by molar-refractivity contribution is 0.475. The van der Waals surface area contributed by atoms with Crippen LogP contribution in [0.1, 0.15) is 19.0 Å². The second-order valence-electron chi connectivity index (χ2n) is 7.95. The van der Waals surface area contributed by atoms with Crippen LogP contribution >= 0.6 is 0 Å². The molecular weight excluding hydrogens is 406 g/mol. The number of rotatable bonds is 4. The molecule has 1 aliphatic heterocycles. The van der Waals surface area contributed by atoms with Crippen LogP contribution in [0.25, 0.3) is 22.5 Å². The second kappa shape index (κ2) is 7.92. The van der Waals surface area contributed by atoms with Gasteiger partial charge in [-0.3, -0.25) is 19.0 Å². The first-order valence-corrected chi connectivity index (χ1v) is 10.5. The van der Waals surface area contributed by atoms with Gasteiger partial charge in [0.15, 0.2) is 0 Å². The molecule has 1 atom stereocenters. The van der Waals surface area contributed by atoms with Gasteiger partial charge >= 0.3 is 0 Å². The molecule has 32 heavy (non-hydrogen) atoms. The average molecular weight is 429 g/mol. The van der Waals surface area contributed by atoms with Crippen LogP contribution in [0.3, 0.4) is 0 Å². The van der Waals surface area contributed by atoms with E-state index < -0.39 is 0 Å². The fourth-order valence-corrected chi connectivity index (χ4v) is 3.72. The van der Waals surface area contributed by atoms with Crippen molar-refractivity contribution in [3.8, 4) is 34.0 Å². The van der Waals surface area contributed by atoms with Gasteiger partial charge in [-0.25, -0.2) is 9.97 Å². The van der Waals surface area contributed by atoms with Crippen LogP contribution < -0.4 is 15.6 Å². The Morgan fingerprint density at radius 3 is 2.81 bits per heavy atom. The highest BCUT2D eigenvalue weighted by molar-refractivity contribution is 5.61. The highest BCUT2D eigenvalue weighted by Crippen LogP contribution is 2.28. The summed E-state index contributed by atoms with van der Waals surface area (Å²) in [5.74, 6) is 1.86. The summed E-state index contributed by atoms with van der Waals surface area (Å²) < 4.78 is 9.47. The number of fused-ring (bicyclic) bond motifs is 1. The molecule has 5 heterocycles. The highest BCUT2D eigenvalue weighted by atomic mass is 16.5. The zero-order valence-corrected chi connectivity index (χ0v) is 18.1. The van der Waals surface area contributed by atoms with Gasteiger partial charge in [-0.05, 0) is 38.5 Å². The zero-order chi connectivity index (χ0) is 22.2. The Balaban J connectivity index is 1.42. The number of pyridine rings is 2. The van der Waals surface area contributed by atoms with Gasteiger partial charge in [0.2, 0.25) is 5.95 Å². The predicted molar refractivity (Wildman–Crippen MR) is 121 cm³/mol. The van der Waals surface area contributed by atoms with Crippen molar-refractivity contribution in [3.63, 3.8) is 0 Å². The van der Waals surface area contributed by atoms with E-state index in [1.807, 2.05) is 32.3 Å². The monoisotopic (exact) mass is 429 g/mol. The fraction of sp³-hybridized carbons (Fsp3) is 0.261. The molecular formula is C23H23N7O2. The maximum Gasteiger partial charge on any atom is 0.264 e. The van der Waals surface area contributed by atoms with Crippen molar-refractivity contribution in [2.45, 2.75) is 32.9 Å². The molecule has 0 saturated carbocycles. The highest BCUT2D eigenvalue weighted by Gasteiger charge is 2.19. The van der Waals surface area contributed by atoms with E-state index in [0.717, 1.165) is 17.7 Å². The fourth-order valence-electron chi connectivity index (χ4n) is 3.72. The predicted octanol–water partition coefficient (Wildman–Crippen LogP) is 3.41. The van der Waals surface area contributed by atoms with Gasteiger partial charge < -0.3 is 10.1 Å². The minimum absolute atomic E-state index is 0.0924. The van der Waals surface area contributed by atoms with E-state index in [-0.39, 0.29) is 5.56 Å². The summed E-state index contributed by atoms with van der Waals surface area (Å²) in [5.41, 5.74) is 3.32. The molecule has 5 rings (SSSR count). The first-order valence-electron chi connectivity index (χ1n) is 10.5. The number of nitrogens with one attached hydrogen (secondary N) is 1. The van der Waals surface area contributed by atoms with Gasteiger partial charge in [-0.15, -0.1) is 0 Å². The minimum atomic E-state index is -0.0924. The number of aromatic nitrogens is 6. The first-order chi connectivity index (χ1) is 15.5. The maximum absolute atomic E-state index is 13.0. The molecule has 0 saturated heterocycles. The smallest absolute Gasteiger partial charge is 0.264 e. The molecule has 9 heteroatoms. The molecule has 0 unspecified atom stereocenters. The second-order valence-corrected chi connectivity index (χ2v) is 7.95. The molecule has 0 amide bonds. The van der Waals surface area contributed by atoms with Crippen molar-refractivity contribution in [1.29, 1.82) is 0 Å². The summed E-state index contributed by atoms with van der Waals surface area (Å²) in [6.45, 7) is 4.58. The maximum atomic E-state index is 13.0. The van der Waals surface area contributed by atoms with Crippen LogP contribution in [-0.2, 0) is 13.6 Å². The lowest BCUT2D eigenvalue weighted by atomic mass is 10.1. The first kappa shape index (κ1) is 19.9. The van der Waals surface area contributed by atoms with E-state index in [4.69, 9.17) is 4.74 Å². The van der Waals surface area contributed by atoms with Crippen LogP contribution in [0.4, 0.5) is 5.95 Å². The summed E-state index contributed by atoms with van der Waals surface area (Å²) in [7, 11) is 1.86. The Bertz CT molecular complexity index is 1360. The summed E-state index contributed by atoms with van der Waals surface area (Å²) in [6.07, 6.45) is 7.82. The molecule has 1 N–H and O–H groups in total. The largest absolute Gasteiger partial charge is 0.455 e. The Kier molecular flexibility index (Phi) is 4.93. The van der Waals surface area contributed by atoms with Crippen molar-refractivity contribution >= 4 is 5.95 Å². The molecule has 4 aromatic rings. The van der Waals surface area contributed by atoms with E-state index in [0.29, 0.717) is 47.0 Å². The Morgan fingerprint density at radius 1 is 1.16 bits per heavy atom. The van der Waals surface area contributed by atoms with Gasteiger partial charge in [0, 0.05) is 49.9 Å². The van der Waals surface area contributed by atoms with E-state index >= 15 is 0 Å². The Hall–Kier alpha value is -4.01. The molecule has 0 radical (unpaired) electrons. The average Bonchev–Trinajstić information content (AvgIpc) is 3.22.